The molecule has 2 aliphatic heterocycles. The van der Waals surface area contributed by atoms with Gasteiger partial charge in [-0.25, -0.2) is 0 Å². The van der Waals surface area contributed by atoms with Crippen LogP contribution >= 0.6 is 0 Å². The fourth-order valence-electron chi connectivity index (χ4n) is 3.38. The lowest BCUT2D eigenvalue weighted by molar-refractivity contribution is 0.0326. The second-order valence-corrected chi connectivity index (χ2v) is 6.15. The third kappa shape index (κ3) is 3.44. The van der Waals surface area contributed by atoms with Crippen molar-refractivity contribution in [2.24, 2.45) is 7.05 Å². The largest absolute Gasteiger partial charge is 0.379 e. The summed E-state index contributed by atoms with van der Waals surface area (Å²) in [6, 6.07) is 0. The van der Waals surface area contributed by atoms with Crippen molar-refractivity contribution in [2.45, 2.75) is 32.2 Å². The predicted octanol–water partition coefficient (Wildman–Crippen LogP) is 0.847. The second-order valence-electron chi connectivity index (χ2n) is 6.15. The minimum absolute atomic E-state index is 0.537. The van der Waals surface area contributed by atoms with Crippen LogP contribution in [-0.4, -0.2) is 70.5 Å². The maximum absolute atomic E-state index is 5.40. The molecule has 2 aliphatic rings. The summed E-state index contributed by atoms with van der Waals surface area (Å²) in [4.78, 5) is 4.92. The Morgan fingerprint density at radius 3 is 2.71 bits per heavy atom. The van der Waals surface area contributed by atoms with Crippen molar-refractivity contribution in [3.8, 4) is 0 Å². The van der Waals surface area contributed by atoms with Gasteiger partial charge in [-0.05, 0) is 25.9 Å². The molecular formula is C15H27N5O. The number of aromatic nitrogens is 3. The number of hydrogen-bond donors (Lipinski definition) is 0. The lowest BCUT2D eigenvalue weighted by atomic mass is 9.97. The lowest BCUT2D eigenvalue weighted by Gasteiger charge is -2.31. The Bertz CT molecular complexity index is 455. The van der Waals surface area contributed by atoms with Crippen LogP contribution in [0.15, 0.2) is 0 Å². The number of nitrogens with zero attached hydrogens (tertiary/aromatic N) is 5. The van der Waals surface area contributed by atoms with E-state index in [2.05, 4.69) is 38.5 Å². The van der Waals surface area contributed by atoms with Crippen molar-refractivity contribution >= 4 is 0 Å². The van der Waals surface area contributed by atoms with Gasteiger partial charge in [0.15, 0.2) is 0 Å². The topological polar surface area (TPSA) is 46.4 Å². The molecule has 1 aromatic rings. The first kappa shape index (κ1) is 14.9. The maximum Gasteiger partial charge on any atom is 0.146 e. The van der Waals surface area contributed by atoms with E-state index >= 15 is 0 Å². The number of piperidine rings is 1. The van der Waals surface area contributed by atoms with Crippen LogP contribution in [0.4, 0.5) is 0 Å². The average molecular weight is 293 g/mol. The molecule has 0 amide bonds. The molecule has 1 atom stereocenters. The molecule has 2 saturated heterocycles. The third-order valence-electron chi connectivity index (χ3n) is 4.79. The molecule has 0 N–H and O–H groups in total. The van der Waals surface area contributed by atoms with Gasteiger partial charge in [0.2, 0.25) is 0 Å². The van der Waals surface area contributed by atoms with Crippen LogP contribution in [0.1, 0.15) is 37.3 Å². The highest BCUT2D eigenvalue weighted by atomic mass is 16.5. The number of morpholine rings is 1. The van der Waals surface area contributed by atoms with Gasteiger partial charge in [0.1, 0.15) is 11.6 Å². The molecule has 1 aromatic heterocycles. The molecule has 0 aromatic carbocycles. The molecule has 21 heavy (non-hydrogen) atoms. The molecule has 0 spiro atoms. The minimum Gasteiger partial charge on any atom is -0.379 e. The standard InChI is InChI=1S/C15H27N5O/c1-3-19-6-4-5-13(11-19)15-17-16-14(18(15)2)12-20-7-9-21-10-8-20/h13H,3-12H2,1-2H3/t13-/m0/s1. The molecule has 0 aliphatic carbocycles. The zero-order valence-electron chi connectivity index (χ0n) is 13.3. The van der Waals surface area contributed by atoms with E-state index in [0.717, 1.165) is 57.6 Å². The molecule has 0 radical (unpaired) electrons. The number of rotatable bonds is 4. The second kappa shape index (κ2) is 6.85. The number of ether oxygens (including phenoxy) is 1. The highest BCUT2D eigenvalue weighted by molar-refractivity contribution is 5.04. The van der Waals surface area contributed by atoms with Crippen molar-refractivity contribution in [1.82, 2.24) is 24.6 Å². The van der Waals surface area contributed by atoms with Crippen LogP contribution in [0.3, 0.4) is 0 Å². The van der Waals surface area contributed by atoms with E-state index in [0.29, 0.717) is 5.92 Å². The Hall–Kier alpha value is -0.980. The van der Waals surface area contributed by atoms with Gasteiger partial charge < -0.3 is 14.2 Å². The maximum atomic E-state index is 5.40. The van der Waals surface area contributed by atoms with E-state index in [1.807, 2.05) is 0 Å². The molecule has 0 saturated carbocycles. The summed E-state index contributed by atoms with van der Waals surface area (Å²) in [5.41, 5.74) is 0. The minimum atomic E-state index is 0.537. The summed E-state index contributed by atoms with van der Waals surface area (Å²) in [5.74, 6) is 2.78. The Morgan fingerprint density at radius 2 is 1.95 bits per heavy atom. The van der Waals surface area contributed by atoms with E-state index < -0.39 is 0 Å². The van der Waals surface area contributed by atoms with E-state index in [9.17, 15) is 0 Å². The van der Waals surface area contributed by atoms with Crippen LogP contribution in [-0.2, 0) is 18.3 Å². The molecule has 2 fully saturated rings. The monoisotopic (exact) mass is 293 g/mol. The average Bonchev–Trinajstić information content (AvgIpc) is 2.89. The Kier molecular flexibility index (Phi) is 4.87. The van der Waals surface area contributed by atoms with Gasteiger partial charge >= 0.3 is 0 Å². The van der Waals surface area contributed by atoms with Crippen LogP contribution in [0.2, 0.25) is 0 Å². The normalized spacial score (nSPS) is 25.3. The van der Waals surface area contributed by atoms with Gasteiger partial charge in [-0.15, -0.1) is 10.2 Å². The highest BCUT2D eigenvalue weighted by Crippen LogP contribution is 2.25. The summed E-state index contributed by atoms with van der Waals surface area (Å²) in [7, 11) is 2.12. The van der Waals surface area contributed by atoms with E-state index in [1.165, 1.54) is 19.4 Å². The van der Waals surface area contributed by atoms with Crippen molar-refractivity contribution in [3.05, 3.63) is 11.6 Å². The highest BCUT2D eigenvalue weighted by Gasteiger charge is 2.25. The number of likely N-dealkylation sites (tertiary alicyclic amines) is 1. The van der Waals surface area contributed by atoms with Crippen LogP contribution < -0.4 is 0 Å². The summed E-state index contributed by atoms with van der Waals surface area (Å²) in [5, 5.41) is 8.95. The van der Waals surface area contributed by atoms with Crippen LogP contribution in [0.25, 0.3) is 0 Å². The predicted molar refractivity (Wildman–Crippen MR) is 81.2 cm³/mol. The van der Waals surface area contributed by atoms with Crippen molar-refractivity contribution in [3.63, 3.8) is 0 Å². The van der Waals surface area contributed by atoms with E-state index in [-0.39, 0.29) is 0 Å². The summed E-state index contributed by atoms with van der Waals surface area (Å²) >= 11 is 0. The first-order chi connectivity index (χ1) is 10.3. The molecular weight excluding hydrogens is 266 g/mol. The summed E-state index contributed by atoms with van der Waals surface area (Å²) < 4.78 is 7.62. The molecule has 0 bridgehead atoms. The molecule has 118 valence electrons. The fourth-order valence-corrected chi connectivity index (χ4v) is 3.38. The van der Waals surface area contributed by atoms with Gasteiger partial charge in [0, 0.05) is 32.6 Å². The number of hydrogen-bond acceptors (Lipinski definition) is 5. The van der Waals surface area contributed by atoms with Crippen molar-refractivity contribution < 1.29 is 4.74 Å². The van der Waals surface area contributed by atoms with Crippen molar-refractivity contribution in [1.29, 1.82) is 0 Å². The van der Waals surface area contributed by atoms with E-state index in [1.54, 1.807) is 0 Å². The van der Waals surface area contributed by atoms with Gasteiger partial charge in [-0.1, -0.05) is 6.92 Å². The SMILES string of the molecule is CCN1CCC[C@H](c2nnc(CN3CCOCC3)n2C)C1. The van der Waals surface area contributed by atoms with Crippen LogP contribution in [0.5, 0.6) is 0 Å². The summed E-state index contributed by atoms with van der Waals surface area (Å²) in [6.07, 6.45) is 2.50. The van der Waals surface area contributed by atoms with Gasteiger partial charge in [0.05, 0.1) is 19.8 Å². The first-order valence-electron chi connectivity index (χ1n) is 8.18. The molecule has 3 rings (SSSR count). The molecule has 0 unspecified atom stereocenters. The lowest BCUT2D eigenvalue weighted by Crippen LogP contribution is -2.36. The van der Waals surface area contributed by atoms with Crippen LogP contribution in [0, 0.1) is 0 Å². The zero-order chi connectivity index (χ0) is 14.7. The van der Waals surface area contributed by atoms with Gasteiger partial charge in [-0.3, -0.25) is 4.90 Å². The Balaban J connectivity index is 1.66. The molecule has 6 heteroatoms. The Morgan fingerprint density at radius 1 is 1.14 bits per heavy atom. The zero-order valence-corrected chi connectivity index (χ0v) is 13.3. The van der Waals surface area contributed by atoms with Gasteiger partial charge in [0.25, 0.3) is 0 Å². The molecule has 3 heterocycles. The number of likely N-dealkylation sites (N-methyl/N-ethyl adjacent to an activating group) is 1. The molecule has 6 nitrogen and oxygen atoms in total. The smallest absolute Gasteiger partial charge is 0.146 e. The fraction of sp³-hybridized carbons (Fsp3) is 0.867. The third-order valence-corrected chi connectivity index (χ3v) is 4.79. The first-order valence-corrected chi connectivity index (χ1v) is 8.18. The Labute approximate surface area is 127 Å². The summed E-state index contributed by atoms with van der Waals surface area (Å²) in [6.45, 7) is 10.3. The van der Waals surface area contributed by atoms with Crippen molar-refractivity contribution in [2.75, 3.05) is 45.9 Å². The quantitative estimate of drug-likeness (QED) is 0.823. The van der Waals surface area contributed by atoms with Gasteiger partial charge in [-0.2, -0.15) is 0 Å². The van der Waals surface area contributed by atoms with E-state index in [4.69, 9.17) is 4.74 Å².